The van der Waals surface area contributed by atoms with Gasteiger partial charge in [-0.05, 0) is 12.1 Å². The monoisotopic (exact) mass is 160 g/mol. The van der Waals surface area contributed by atoms with Gasteiger partial charge in [0.1, 0.15) is 5.69 Å². The molecule has 1 rings (SSSR count). The lowest BCUT2D eigenvalue weighted by molar-refractivity contribution is 0.0958. The van der Waals surface area contributed by atoms with E-state index >= 15 is 0 Å². The van der Waals surface area contributed by atoms with Gasteiger partial charge >= 0.3 is 0 Å². The van der Waals surface area contributed by atoms with Crippen molar-refractivity contribution in [1.29, 1.82) is 0 Å². The van der Waals surface area contributed by atoms with Crippen LogP contribution in [0.25, 0.3) is 0 Å². The molecule has 3 heteroatoms. The number of nitrogens with zero attached hydrogens (tertiary/aromatic N) is 1. The van der Waals surface area contributed by atoms with E-state index < -0.39 is 0 Å². The molecule has 0 radical (unpaired) electrons. The normalized spacial score (nSPS) is 8.67. The standard InChI is InChI=1S/C9H8N2O/c1-3-7-4-5-8(11-6-7)9(12)10-2/h1,4-6H,2H3,(H,10,12). The quantitative estimate of drug-likeness (QED) is 0.605. The summed E-state index contributed by atoms with van der Waals surface area (Å²) in [5, 5.41) is 2.47. The zero-order valence-electron chi connectivity index (χ0n) is 6.66. The molecule has 0 saturated heterocycles. The third-order valence-electron chi connectivity index (χ3n) is 1.39. The van der Waals surface area contributed by atoms with E-state index in [-0.39, 0.29) is 5.91 Å². The highest BCUT2D eigenvalue weighted by Gasteiger charge is 2.02. The predicted molar refractivity (Wildman–Crippen MR) is 45.6 cm³/mol. The predicted octanol–water partition coefficient (Wildman–Crippen LogP) is 0.423. The van der Waals surface area contributed by atoms with Crippen molar-refractivity contribution in [1.82, 2.24) is 10.3 Å². The van der Waals surface area contributed by atoms with Crippen LogP contribution in [0, 0.1) is 12.3 Å². The highest BCUT2D eigenvalue weighted by Crippen LogP contribution is 1.97. The van der Waals surface area contributed by atoms with Gasteiger partial charge in [0.2, 0.25) is 0 Å². The first-order valence-corrected chi connectivity index (χ1v) is 3.42. The van der Waals surface area contributed by atoms with Gasteiger partial charge in [0.25, 0.3) is 5.91 Å². The van der Waals surface area contributed by atoms with Crippen LogP contribution in [0.3, 0.4) is 0 Å². The lowest BCUT2D eigenvalue weighted by atomic mass is 10.2. The van der Waals surface area contributed by atoms with Crippen LogP contribution in [0.2, 0.25) is 0 Å². The highest BCUT2D eigenvalue weighted by atomic mass is 16.1. The van der Waals surface area contributed by atoms with Crippen molar-refractivity contribution >= 4 is 5.91 Å². The van der Waals surface area contributed by atoms with Gasteiger partial charge in [-0.15, -0.1) is 6.42 Å². The van der Waals surface area contributed by atoms with Gasteiger partial charge in [-0.25, -0.2) is 4.98 Å². The summed E-state index contributed by atoms with van der Waals surface area (Å²) in [5.41, 5.74) is 1.04. The molecule has 0 aliphatic carbocycles. The van der Waals surface area contributed by atoms with E-state index in [4.69, 9.17) is 6.42 Å². The first-order chi connectivity index (χ1) is 5.77. The number of terminal acetylenes is 1. The molecule has 12 heavy (non-hydrogen) atoms. The Morgan fingerprint density at radius 3 is 2.83 bits per heavy atom. The Hall–Kier alpha value is -1.82. The minimum atomic E-state index is -0.210. The van der Waals surface area contributed by atoms with Gasteiger partial charge < -0.3 is 5.32 Å². The molecule has 0 fully saturated rings. The first-order valence-electron chi connectivity index (χ1n) is 3.42. The number of carbonyl (C=O) groups is 1. The fraction of sp³-hybridized carbons (Fsp3) is 0.111. The van der Waals surface area contributed by atoms with Crippen molar-refractivity contribution in [2.45, 2.75) is 0 Å². The van der Waals surface area contributed by atoms with E-state index in [9.17, 15) is 4.79 Å². The summed E-state index contributed by atoms with van der Waals surface area (Å²) in [6.45, 7) is 0. The van der Waals surface area contributed by atoms with Crippen molar-refractivity contribution in [3.05, 3.63) is 29.6 Å². The van der Waals surface area contributed by atoms with Crippen molar-refractivity contribution in [3.8, 4) is 12.3 Å². The van der Waals surface area contributed by atoms with E-state index in [0.717, 1.165) is 0 Å². The molecule has 0 aliphatic rings. The van der Waals surface area contributed by atoms with Gasteiger partial charge in [0, 0.05) is 18.8 Å². The van der Waals surface area contributed by atoms with Gasteiger partial charge in [-0.3, -0.25) is 4.79 Å². The number of nitrogens with one attached hydrogen (secondary N) is 1. The van der Waals surface area contributed by atoms with E-state index in [1.807, 2.05) is 0 Å². The maximum Gasteiger partial charge on any atom is 0.269 e. The molecule has 1 amide bonds. The third-order valence-corrected chi connectivity index (χ3v) is 1.39. The van der Waals surface area contributed by atoms with Crippen molar-refractivity contribution < 1.29 is 4.79 Å². The second-order valence-electron chi connectivity index (χ2n) is 2.16. The van der Waals surface area contributed by atoms with Gasteiger partial charge in [-0.2, -0.15) is 0 Å². The molecule has 0 bridgehead atoms. The number of pyridine rings is 1. The summed E-state index contributed by atoms with van der Waals surface area (Å²) in [4.78, 5) is 14.9. The van der Waals surface area contributed by atoms with Crippen LogP contribution in [0.4, 0.5) is 0 Å². The number of hydrogen-bond acceptors (Lipinski definition) is 2. The third kappa shape index (κ3) is 1.61. The van der Waals surface area contributed by atoms with Crippen LogP contribution in [-0.2, 0) is 0 Å². The molecule has 1 aromatic rings. The van der Waals surface area contributed by atoms with E-state index in [2.05, 4.69) is 16.2 Å². The summed E-state index contributed by atoms with van der Waals surface area (Å²) in [6, 6.07) is 3.27. The Balaban J connectivity index is 2.94. The van der Waals surface area contributed by atoms with Crippen LogP contribution < -0.4 is 5.32 Å². The number of aromatic nitrogens is 1. The van der Waals surface area contributed by atoms with Crippen LogP contribution >= 0.6 is 0 Å². The molecular weight excluding hydrogens is 152 g/mol. The molecule has 1 heterocycles. The SMILES string of the molecule is C#Cc1ccc(C(=O)NC)nc1. The molecule has 1 aromatic heterocycles. The summed E-state index contributed by atoms with van der Waals surface area (Å²) >= 11 is 0. The lowest BCUT2D eigenvalue weighted by Gasteiger charge is -1.97. The smallest absolute Gasteiger partial charge is 0.269 e. The second-order valence-corrected chi connectivity index (χ2v) is 2.16. The van der Waals surface area contributed by atoms with E-state index in [0.29, 0.717) is 11.3 Å². The van der Waals surface area contributed by atoms with Gasteiger partial charge in [0.05, 0.1) is 0 Å². The Morgan fingerprint density at radius 2 is 2.42 bits per heavy atom. The largest absolute Gasteiger partial charge is 0.354 e. The molecule has 0 aromatic carbocycles. The highest BCUT2D eigenvalue weighted by molar-refractivity contribution is 5.91. The zero-order chi connectivity index (χ0) is 8.97. The van der Waals surface area contributed by atoms with Crippen molar-refractivity contribution in [2.24, 2.45) is 0 Å². The Labute approximate surface area is 70.8 Å². The minimum absolute atomic E-state index is 0.210. The zero-order valence-corrected chi connectivity index (χ0v) is 6.66. The molecule has 0 saturated carbocycles. The minimum Gasteiger partial charge on any atom is -0.354 e. The fourth-order valence-electron chi connectivity index (χ4n) is 0.742. The van der Waals surface area contributed by atoms with Gasteiger partial charge in [-0.1, -0.05) is 5.92 Å². The van der Waals surface area contributed by atoms with Crippen LogP contribution in [-0.4, -0.2) is 17.9 Å². The van der Waals surface area contributed by atoms with Crippen LogP contribution in [0.15, 0.2) is 18.3 Å². The molecule has 1 N–H and O–H groups in total. The molecule has 60 valence electrons. The van der Waals surface area contributed by atoms with Gasteiger partial charge in [0.15, 0.2) is 0 Å². The fourth-order valence-corrected chi connectivity index (χ4v) is 0.742. The Kier molecular flexibility index (Phi) is 2.44. The van der Waals surface area contributed by atoms with Crippen molar-refractivity contribution in [3.63, 3.8) is 0 Å². The topological polar surface area (TPSA) is 42.0 Å². The van der Waals surface area contributed by atoms with Crippen LogP contribution in [0.1, 0.15) is 16.1 Å². The maximum absolute atomic E-state index is 11.0. The Bertz CT molecular complexity index is 321. The molecule has 3 nitrogen and oxygen atoms in total. The molecule has 0 unspecified atom stereocenters. The molecule has 0 spiro atoms. The van der Waals surface area contributed by atoms with E-state index in [1.165, 1.54) is 6.20 Å². The number of hydrogen-bond donors (Lipinski definition) is 1. The summed E-state index contributed by atoms with van der Waals surface area (Å²) in [7, 11) is 1.55. The average Bonchev–Trinajstić information content (AvgIpc) is 2.17. The molecule has 0 atom stereocenters. The number of carbonyl (C=O) groups excluding carboxylic acids is 1. The lowest BCUT2D eigenvalue weighted by Crippen LogP contribution is -2.18. The summed E-state index contributed by atoms with van der Waals surface area (Å²) < 4.78 is 0. The maximum atomic E-state index is 11.0. The number of rotatable bonds is 1. The van der Waals surface area contributed by atoms with E-state index in [1.54, 1.807) is 19.2 Å². The summed E-state index contributed by atoms with van der Waals surface area (Å²) in [6.07, 6.45) is 6.61. The average molecular weight is 160 g/mol. The first kappa shape index (κ1) is 8.28. The molecule has 0 aliphatic heterocycles. The molecular formula is C9H8N2O. The number of amides is 1. The van der Waals surface area contributed by atoms with Crippen molar-refractivity contribution in [2.75, 3.05) is 7.05 Å². The summed E-state index contributed by atoms with van der Waals surface area (Å²) in [5.74, 6) is 2.21. The van der Waals surface area contributed by atoms with Crippen LogP contribution in [0.5, 0.6) is 0 Å². The second kappa shape index (κ2) is 3.54. The Morgan fingerprint density at radius 1 is 1.67 bits per heavy atom.